The van der Waals surface area contributed by atoms with E-state index in [1.165, 1.54) is 40.7 Å². The van der Waals surface area contributed by atoms with Crippen LogP contribution in [0.4, 0.5) is 28.4 Å². The van der Waals surface area contributed by atoms with E-state index in [1.54, 1.807) is 0 Å². The average Bonchev–Trinajstić information content (AvgIpc) is 3.00. The highest BCUT2D eigenvalue weighted by Gasteiger charge is 2.28. The number of nitrogens with zero attached hydrogens (tertiary/aromatic N) is 1. The Bertz CT molecular complexity index is 1490. The van der Waals surface area contributed by atoms with Crippen molar-refractivity contribution in [2.45, 2.75) is 59.3 Å². The molecule has 2 nitrogen and oxygen atoms in total. The third-order valence-electron chi connectivity index (χ3n) is 8.24. The lowest BCUT2D eigenvalue weighted by Crippen LogP contribution is -2.24. The van der Waals surface area contributed by atoms with Crippen LogP contribution in [0.1, 0.15) is 60.9 Å². The minimum Gasteiger partial charge on any atom is -0.356 e. The fourth-order valence-electron chi connectivity index (χ4n) is 5.52. The smallest absolute Gasteiger partial charge is 0.0461 e. The molecular formula is C39H42N2. The molecule has 0 fully saturated rings. The molecule has 0 aromatic heterocycles. The van der Waals surface area contributed by atoms with E-state index in [9.17, 15) is 0 Å². The first kappa shape index (κ1) is 28.2. The predicted octanol–water partition coefficient (Wildman–Crippen LogP) is 11.3. The molecule has 0 aliphatic heterocycles. The van der Waals surface area contributed by atoms with Gasteiger partial charge in [0.25, 0.3) is 0 Å². The van der Waals surface area contributed by atoms with Crippen LogP contribution < -0.4 is 10.2 Å². The van der Waals surface area contributed by atoms with Gasteiger partial charge in [0.15, 0.2) is 0 Å². The highest BCUT2D eigenvalue weighted by atomic mass is 15.1. The summed E-state index contributed by atoms with van der Waals surface area (Å²) in [6.07, 6.45) is 3.46. The lowest BCUT2D eigenvalue weighted by atomic mass is 9.72. The Morgan fingerprint density at radius 1 is 0.512 bits per heavy atom. The second-order valence-corrected chi connectivity index (χ2v) is 11.6. The lowest BCUT2D eigenvalue weighted by Gasteiger charge is -2.32. The Hall–Kier alpha value is -4.30. The van der Waals surface area contributed by atoms with Gasteiger partial charge < -0.3 is 10.2 Å². The first-order chi connectivity index (χ1) is 19.9. The molecule has 0 saturated heterocycles. The molecule has 0 amide bonds. The van der Waals surface area contributed by atoms with Crippen LogP contribution in [0, 0.1) is 20.8 Å². The van der Waals surface area contributed by atoms with Gasteiger partial charge in [-0.2, -0.15) is 0 Å². The zero-order valence-electron chi connectivity index (χ0n) is 25.1. The van der Waals surface area contributed by atoms with E-state index in [-0.39, 0.29) is 5.41 Å². The summed E-state index contributed by atoms with van der Waals surface area (Å²) in [6.45, 7) is 11.1. The van der Waals surface area contributed by atoms with Crippen molar-refractivity contribution < 1.29 is 0 Å². The molecule has 5 rings (SSSR count). The van der Waals surface area contributed by atoms with E-state index in [4.69, 9.17) is 0 Å². The molecule has 1 unspecified atom stereocenters. The summed E-state index contributed by atoms with van der Waals surface area (Å²) < 4.78 is 0. The summed E-state index contributed by atoms with van der Waals surface area (Å²) in [5, 5.41) is 3.55. The summed E-state index contributed by atoms with van der Waals surface area (Å²) in [7, 11) is 0. The quantitative estimate of drug-likeness (QED) is 0.190. The van der Waals surface area contributed by atoms with Gasteiger partial charge in [-0.3, -0.25) is 0 Å². The highest BCUT2D eigenvalue weighted by molar-refractivity contribution is 5.77. The average molecular weight is 539 g/mol. The number of rotatable bonds is 10. The number of hydrogen-bond acceptors (Lipinski definition) is 2. The number of benzene rings is 5. The molecule has 5 aromatic rings. The minimum absolute atomic E-state index is 0.0739. The summed E-state index contributed by atoms with van der Waals surface area (Å²) >= 11 is 0. The van der Waals surface area contributed by atoms with Crippen molar-refractivity contribution in [1.82, 2.24) is 0 Å². The van der Waals surface area contributed by atoms with E-state index < -0.39 is 0 Å². The standard InChI is InChI=1S/C39H42N2/c1-6-7-28-39(5,32-14-20-35(21-15-32)40-34-18-8-29(2)9-19-34)33-16-26-38(27-17-33)41(36-22-10-30(3)11-23-36)37-24-12-31(4)13-25-37/h8-27,40H,6-7,28H2,1-5H3. The number of hydrogen-bond donors (Lipinski definition) is 1. The Balaban J connectivity index is 1.46. The molecule has 0 bridgehead atoms. The molecule has 0 saturated carbocycles. The molecule has 0 aliphatic rings. The lowest BCUT2D eigenvalue weighted by molar-refractivity contribution is 0.493. The normalized spacial score (nSPS) is 12.5. The van der Waals surface area contributed by atoms with Crippen LogP contribution in [0.3, 0.4) is 0 Å². The Morgan fingerprint density at radius 2 is 0.854 bits per heavy atom. The first-order valence-electron chi connectivity index (χ1n) is 14.8. The molecule has 0 heterocycles. The number of aryl methyl sites for hydroxylation is 3. The number of unbranched alkanes of at least 4 members (excludes halogenated alkanes) is 1. The van der Waals surface area contributed by atoms with Crippen molar-refractivity contribution in [3.05, 3.63) is 149 Å². The second-order valence-electron chi connectivity index (χ2n) is 11.6. The molecular weight excluding hydrogens is 496 g/mol. The predicted molar refractivity (Wildman–Crippen MR) is 177 cm³/mol. The largest absolute Gasteiger partial charge is 0.356 e. The zero-order chi connectivity index (χ0) is 28.8. The summed E-state index contributed by atoms with van der Waals surface area (Å²) in [5.74, 6) is 0. The SMILES string of the molecule is CCCCC(C)(c1ccc(Nc2ccc(C)cc2)cc1)c1ccc(N(c2ccc(C)cc2)c2ccc(C)cc2)cc1. The van der Waals surface area contributed by atoms with Gasteiger partial charge >= 0.3 is 0 Å². The molecule has 0 radical (unpaired) electrons. The van der Waals surface area contributed by atoms with Crippen LogP contribution in [-0.2, 0) is 5.41 Å². The fraction of sp³-hybridized carbons (Fsp3) is 0.231. The molecule has 0 spiro atoms. The molecule has 5 aromatic carbocycles. The van der Waals surface area contributed by atoms with Crippen LogP contribution >= 0.6 is 0 Å². The van der Waals surface area contributed by atoms with Gasteiger partial charge in [-0.25, -0.2) is 0 Å². The molecule has 41 heavy (non-hydrogen) atoms. The van der Waals surface area contributed by atoms with Crippen molar-refractivity contribution in [1.29, 1.82) is 0 Å². The Morgan fingerprint density at radius 3 is 1.27 bits per heavy atom. The van der Waals surface area contributed by atoms with Gasteiger partial charge in [0.1, 0.15) is 0 Å². The van der Waals surface area contributed by atoms with Crippen molar-refractivity contribution in [2.75, 3.05) is 10.2 Å². The van der Waals surface area contributed by atoms with E-state index in [1.807, 2.05) is 0 Å². The van der Waals surface area contributed by atoms with E-state index in [0.29, 0.717) is 0 Å². The van der Waals surface area contributed by atoms with Crippen LogP contribution in [0.25, 0.3) is 0 Å². The van der Waals surface area contributed by atoms with Gasteiger partial charge in [-0.05, 0) is 99.0 Å². The summed E-state index contributed by atoms with van der Waals surface area (Å²) in [6, 6.07) is 44.4. The maximum Gasteiger partial charge on any atom is 0.0461 e. The van der Waals surface area contributed by atoms with Gasteiger partial charge in [-0.15, -0.1) is 0 Å². The van der Waals surface area contributed by atoms with Crippen LogP contribution in [0.2, 0.25) is 0 Å². The van der Waals surface area contributed by atoms with Crippen molar-refractivity contribution >= 4 is 28.4 Å². The topological polar surface area (TPSA) is 15.3 Å². The Kier molecular flexibility index (Phi) is 8.59. The molecule has 1 N–H and O–H groups in total. The monoisotopic (exact) mass is 538 g/mol. The number of anilines is 5. The zero-order valence-corrected chi connectivity index (χ0v) is 25.1. The first-order valence-corrected chi connectivity index (χ1v) is 14.8. The van der Waals surface area contributed by atoms with Crippen molar-refractivity contribution in [3.63, 3.8) is 0 Å². The fourth-order valence-corrected chi connectivity index (χ4v) is 5.52. The van der Waals surface area contributed by atoms with E-state index >= 15 is 0 Å². The third kappa shape index (κ3) is 6.55. The van der Waals surface area contributed by atoms with Gasteiger partial charge in [-0.1, -0.05) is 104 Å². The second kappa shape index (κ2) is 12.5. The molecule has 1 atom stereocenters. The van der Waals surface area contributed by atoms with Gasteiger partial charge in [0, 0.05) is 33.9 Å². The minimum atomic E-state index is -0.0739. The highest BCUT2D eigenvalue weighted by Crippen LogP contribution is 2.40. The van der Waals surface area contributed by atoms with Crippen molar-refractivity contribution in [3.8, 4) is 0 Å². The van der Waals surface area contributed by atoms with Crippen molar-refractivity contribution in [2.24, 2.45) is 0 Å². The van der Waals surface area contributed by atoms with Crippen LogP contribution in [-0.4, -0.2) is 0 Å². The molecule has 2 heteroatoms. The molecule has 208 valence electrons. The molecule has 0 aliphatic carbocycles. The maximum atomic E-state index is 3.55. The van der Waals surface area contributed by atoms with Crippen LogP contribution in [0.15, 0.2) is 121 Å². The van der Waals surface area contributed by atoms with E-state index in [0.717, 1.165) is 34.9 Å². The summed E-state index contributed by atoms with van der Waals surface area (Å²) in [5.41, 5.74) is 12.1. The van der Waals surface area contributed by atoms with E-state index in [2.05, 4.69) is 166 Å². The van der Waals surface area contributed by atoms with Gasteiger partial charge in [0.05, 0.1) is 0 Å². The summed E-state index contributed by atoms with van der Waals surface area (Å²) in [4.78, 5) is 2.34. The number of nitrogens with one attached hydrogen (secondary N) is 1. The van der Waals surface area contributed by atoms with Gasteiger partial charge in [0.2, 0.25) is 0 Å². The maximum absolute atomic E-state index is 3.55. The van der Waals surface area contributed by atoms with Crippen LogP contribution in [0.5, 0.6) is 0 Å². The Labute approximate surface area is 246 Å². The third-order valence-corrected chi connectivity index (χ3v) is 8.24.